The Balaban J connectivity index is 1.99. The molecule has 0 aliphatic heterocycles. The molecule has 0 fully saturated rings. The Hall–Kier alpha value is -1.09. The number of hydrogen-bond donors (Lipinski definition) is 0. The first-order valence-electron chi connectivity index (χ1n) is 5.43. The van der Waals surface area contributed by atoms with Crippen molar-refractivity contribution in [2.75, 3.05) is 6.61 Å². The van der Waals surface area contributed by atoms with Gasteiger partial charge in [-0.3, -0.25) is 9.42 Å². The van der Waals surface area contributed by atoms with Crippen LogP contribution in [0.4, 0.5) is 13.2 Å². The number of hydrogen-bond acceptors (Lipinski definition) is 2. The molecule has 102 valence electrons. The van der Waals surface area contributed by atoms with Gasteiger partial charge in [-0.25, -0.2) is 0 Å². The lowest BCUT2D eigenvalue weighted by Crippen LogP contribution is -2.17. The van der Waals surface area contributed by atoms with Crippen molar-refractivity contribution in [3.63, 3.8) is 0 Å². The summed E-state index contributed by atoms with van der Waals surface area (Å²) in [5, 5.41) is 4.01. The fourth-order valence-electron chi connectivity index (χ4n) is 1.56. The maximum absolute atomic E-state index is 11.8. The molecule has 0 unspecified atom stereocenters. The van der Waals surface area contributed by atoms with Crippen LogP contribution in [0.5, 0.6) is 0 Å². The minimum Gasteiger partial charge on any atom is -0.290 e. The molecule has 0 atom stereocenters. The lowest BCUT2D eigenvalue weighted by Gasteiger charge is -2.06. The summed E-state index contributed by atoms with van der Waals surface area (Å²) in [6.45, 7) is -0.389. The third kappa shape index (κ3) is 4.50. The predicted octanol–water partition coefficient (Wildman–Crippen LogP) is 3.69. The molecule has 1 aromatic heterocycles. The molecule has 19 heavy (non-hydrogen) atoms. The summed E-state index contributed by atoms with van der Waals surface area (Å²) >= 11 is 2.20. The average molecular weight is 382 g/mol. The van der Waals surface area contributed by atoms with Gasteiger partial charge in [-0.2, -0.15) is 5.10 Å². The molecular formula is C12H10F3IN2O. The molecule has 0 aliphatic rings. The SMILES string of the molecule is FC(F)(F)OCCn1cc(-c2cccc(I)c2)cn1. The molecular weight excluding hydrogens is 372 g/mol. The predicted molar refractivity (Wildman–Crippen MR) is 72.4 cm³/mol. The number of rotatable bonds is 4. The second kappa shape index (κ2) is 5.91. The molecule has 0 radical (unpaired) electrons. The van der Waals surface area contributed by atoms with E-state index < -0.39 is 13.0 Å². The van der Waals surface area contributed by atoms with Crippen LogP contribution in [0, 0.1) is 3.57 Å². The van der Waals surface area contributed by atoms with Crippen molar-refractivity contribution in [1.82, 2.24) is 9.78 Å². The first-order valence-corrected chi connectivity index (χ1v) is 6.51. The summed E-state index contributed by atoms with van der Waals surface area (Å²) in [6, 6.07) is 7.79. The number of halogens is 4. The zero-order valence-electron chi connectivity index (χ0n) is 9.69. The van der Waals surface area contributed by atoms with Gasteiger partial charge in [0.05, 0.1) is 19.3 Å². The summed E-state index contributed by atoms with van der Waals surface area (Å²) in [5.74, 6) is 0. The first-order chi connectivity index (χ1) is 8.94. The van der Waals surface area contributed by atoms with Crippen LogP contribution in [0.25, 0.3) is 11.1 Å². The topological polar surface area (TPSA) is 27.1 Å². The van der Waals surface area contributed by atoms with E-state index in [1.54, 1.807) is 12.4 Å². The van der Waals surface area contributed by atoms with Crippen molar-refractivity contribution < 1.29 is 17.9 Å². The number of ether oxygens (including phenoxy) is 1. The molecule has 0 N–H and O–H groups in total. The Labute approximate surface area is 121 Å². The van der Waals surface area contributed by atoms with Crippen LogP contribution in [0.2, 0.25) is 0 Å². The van der Waals surface area contributed by atoms with E-state index in [9.17, 15) is 13.2 Å². The number of nitrogens with zero attached hydrogens (tertiary/aromatic N) is 2. The van der Waals surface area contributed by atoms with Gasteiger partial charge in [0, 0.05) is 15.3 Å². The zero-order chi connectivity index (χ0) is 13.9. The van der Waals surface area contributed by atoms with Crippen LogP contribution >= 0.6 is 22.6 Å². The minimum atomic E-state index is -4.59. The molecule has 1 aromatic carbocycles. The molecule has 2 rings (SSSR count). The molecule has 0 spiro atoms. The second-order valence-electron chi connectivity index (χ2n) is 3.80. The maximum atomic E-state index is 11.8. The monoisotopic (exact) mass is 382 g/mol. The molecule has 2 aromatic rings. The average Bonchev–Trinajstić information content (AvgIpc) is 2.76. The van der Waals surface area contributed by atoms with Gasteiger partial charge in [-0.15, -0.1) is 13.2 Å². The summed E-state index contributed by atoms with van der Waals surface area (Å²) in [4.78, 5) is 0. The Bertz CT molecular complexity index is 554. The molecule has 0 aliphatic carbocycles. The summed E-state index contributed by atoms with van der Waals surface area (Å²) in [7, 11) is 0. The van der Waals surface area contributed by atoms with Gasteiger partial charge < -0.3 is 0 Å². The van der Waals surface area contributed by atoms with Crippen LogP contribution in [-0.4, -0.2) is 22.7 Å². The number of alkyl halides is 3. The van der Waals surface area contributed by atoms with Gasteiger partial charge in [0.25, 0.3) is 0 Å². The van der Waals surface area contributed by atoms with Crippen molar-refractivity contribution in [2.24, 2.45) is 0 Å². The Morgan fingerprint density at radius 3 is 2.74 bits per heavy atom. The van der Waals surface area contributed by atoms with Gasteiger partial charge in [-0.1, -0.05) is 12.1 Å². The van der Waals surface area contributed by atoms with Crippen molar-refractivity contribution >= 4 is 22.6 Å². The van der Waals surface area contributed by atoms with Gasteiger partial charge in [-0.05, 0) is 40.3 Å². The van der Waals surface area contributed by atoms with Crippen molar-refractivity contribution in [1.29, 1.82) is 0 Å². The van der Waals surface area contributed by atoms with Crippen molar-refractivity contribution in [3.05, 3.63) is 40.2 Å². The first kappa shape index (κ1) is 14.3. The van der Waals surface area contributed by atoms with Crippen LogP contribution < -0.4 is 0 Å². The number of aromatic nitrogens is 2. The highest BCUT2D eigenvalue weighted by Crippen LogP contribution is 2.21. The Morgan fingerprint density at radius 2 is 2.05 bits per heavy atom. The van der Waals surface area contributed by atoms with Crippen molar-refractivity contribution in [3.8, 4) is 11.1 Å². The fourth-order valence-corrected chi connectivity index (χ4v) is 2.10. The zero-order valence-corrected chi connectivity index (χ0v) is 11.9. The summed E-state index contributed by atoms with van der Waals surface area (Å²) in [5.41, 5.74) is 1.85. The van der Waals surface area contributed by atoms with E-state index in [0.717, 1.165) is 14.7 Å². The van der Waals surface area contributed by atoms with Crippen molar-refractivity contribution in [2.45, 2.75) is 12.9 Å². The molecule has 3 nitrogen and oxygen atoms in total. The van der Waals surface area contributed by atoms with E-state index >= 15 is 0 Å². The van der Waals surface area contributed by atoms with Crippen LogP contribution in [-0.2, 0) is 11.3 Å². The second-order valence-corrected chi connectivity index (χ2v) is 5.04. The molecule has 7 heteroatoms. The van der Waals surface area contributed by atoms with Crippen LogP contribution in [0.15, 0.2) is 36.7 Å². The highest BCUT2D eigenvalue weighted by atomic mass is 127. The molecule has 0 amide bonds. The highest BCUT2D eigenvalue weighted by molar-refractivity contribution is 14.1. The Morgan fingerprint density at radius 1 is 1.26 bits per heavy atom. The minimum absolute atomic E-state index is 0.0590. The lowest BCUT2D eigenvalue weighted by atomic mass is 10.1. The van der Waals surface area contributed by atoms with E-state index in [0.29, 0.717) is 0 Å². The fraction of sp³-hybridized carbons (Fsp3) is 0.250. The third-order valence-electron chi connectivity index (χ3n) is 2.38. The van der Waals surface area contributed by atoms with E-state index in [4.69, 9.17) is 0 Å². The van der Waals surface area contributed by atoms with E-state index in [-0.39, 0.29) is 6.54 Å². The maximum Gasteiger partial charge on any atom is 0.522 e. The summed E-state index contributed by atoms with van der Waals surface area (Å²) in [6.07, 6.45) is -1.27. The molecule has 0 bridgehead atoms. The normalized spacial score (nSPS) is 11.8. The van der Waals surface area contributed by atoms with Crippen LogP contribution in [0.3, 0.4) is 0 Å². The van der Waals surface area contributed by atoms with E-state index in [2.05, 4.69) is 32.4 Å². The van der Waals surface area contributed by atoms with E-state index in [1.165, 1.54) is 4.68 Å². The Kier molecular flexibility index (Phi) is 4.46. The smallest absolute Gasteiger partial charge is 0.290 e. The lowest BCUT2D eigenvalue weighted by molar-refractivity contribution is -0.325. The largest absolute Gasteiger partial charge is 0.522 e. The summed E-state index contributed by atoms with van der Waals surface area (Å²) < 4.78 is 41.7. The quantitative estimate of drug-likeness (QED) is 0.755. The highest BCUT2D eigenvalue weighted by Gasteiger charge is 2.28. The van der Waals surface area contributed by atoms with Gasteiger partial charge >= 0.3 is 6.36 Å². The number of benzene rings is 1. The molecule has 0 saturated carbocycles. The van der Waals surface area contributed by atoms with E-state index in [1.807, 2.05) is 24.3 Å². The van der Waals surface area contributed by atoms with Gasteiger partial charge in [0.2, 0.25) is 0 Å². The van der Waals surface area contributed by atoms with Crippen LogP contribution in [0.1, 0.15) is 0 Å². The molecule has 0 saturated heterocycles. The third-order valence-corrected chi connectivity index (χ3v) is 3.05. The van der Waals surface area contributed by atoms with Gasteiger partial charge in [0.1, 0.15) is 0 Å². The molecule has 1 heterocycles. The van der Waals surface area contributed by atoms with Gasteiger partial charge in [0.15, 0.2) is 0 Å². The standard InChI is InChI=1S/C12H10F3IN2O/c13-12(14,15)19-5-4-18-8-10(7-17-18)9-2-1-3-11(16)6-9/h1-3,6-8H,4-5H2.